The monoisotopic (exact) mass is 180 g/mol. The van der Waals surface area contributed by atoms with Crippen molar-refractivity contribution in [2.45, 2.75) is 26.4 Å². The number of hydrogen-bond donors (Lipinski definition) is 1. The first-order valence-electron chi connectivity index (χ1n) is 4.39. The van der Waals surface area contributed by atoms with Gasteiger partial charge in [-0.2, -0.15) is 0 Å². The second-order valence-electron chi connectivity index (χ2n) is 3.27. The molecule has 72 valence electrons. The highest BCUT2D eigenvalue weighted by Crippen LogP contribution is 2.09. The number of nitrogens with two attached hydrogens (primary N) is 1. The van der Waals surface area contributed by atoms with Gasteiger partial charge in [0, 0.05) is 19.6 Å². The molecule has 0 fully saturated rings. The zero-order valence-corrected chi connectivity index (χ0v) is 8.36. The predicted molar refractivity (Wildman–Crippen MR) is 53.5 cm³/mol. The summed E-state index contributed by atoms with van der Waals surface area (Å²) < 4.78 is 0. The molecule has 0 bridgehead atoms. The van der Waals surface area contributed by atoms with Gasteiger partial charge in [-0.15, -0.1) is 0 Å². The van der Waals surface area contributed by atoms with Crippen molar-refractivity contribution in [2.24, 2.45) is 5.73 Å². The number of hydrogen-bond acceptors (Lipinski definition) is 4. The molecule has 0 radical (unpaired) electrons. The SMILES string of the molecule is CC(C)N(C)c1cnc(CN)cn1. The Bertz CT molecular complexity index is 255. The second kappa shape index (κ2) is 4.18. The molecule has 0 saturated heterocycles. The minimum absolute atomic E-state index is 0.429. The van der Waals surface area contributed by atoms with Crippen molar-refractivity contribution in [1.82, 2.24) is 9.97 Å². The molecule has 0 saturated carbocycles. The van der Waals surface area contributed by atoms with Gasteiger partial charge in [0.05, 0.1) is 18.1 Å². The van der Waals surface area contributed by atoms with Gasteiger partial charge in [0.1, 0.15) is 5.82 Å². The fourth-order valence-electron chi connectivity index (χ4n) is 0.900. The second-order valence-corrected chi connectivity index (χ2v) is 3.27. The van der Waals surface area contributed by atoms with Crippen molar-refractivity contribution in [1.29, 1.82) is 0 Å². The molecule has 0 unspecified atom stereocenters. The molecule has 13 heavy (non-hydrogen) atoms. The summed E-state index contributed by atoms with van der Waals surface area (Å²) in [4.78, 5) is 10.5. The van der Waals surface area contributed by atoms with Crippen LogP contribution in [-0.4, -0.2) is 23.1 Å². The van der Waals surface area contributed by atoms with E-state index in [4.69, 9.17) is 5.73 Å². The maximum atomic E-state index is 5.42. The van der Waals surface area contributed by atoms with Crippen molar-refractivity contribution < 1.29 is 0 Å². The zero-order chi connectivity index (χ0) is 9.84. The van der Waals surface area contributed by atoms with E-state index in [1.54, 1.807) is 12.4 Å². The van der Waals surface area contributed by atoms with Crippen LogP contribution in [0.4, 0.5) is 5.82 Å². The molecule has 4 heteroatoms. The third kappa shape index (κ3) is 2.39. The Morgan fingerprint density at radius 1 is 1.38 bits per heavy atom. The fourth-order valence-corrected chi connectivity index (χ4v) is 0.900. The lowest BCUT2D eigenvalue weighted by molar-refractivity contribution is 0.738. The molecule has 1 aromatic rings. The highest BCUT2D eigenvalue weighted by atomic mass is 15.2. The molecule has 0 spiro atoms. The van der Waals surface area contributed by atoms with Crippen LogP contribution in [0, 0.1) is 0 Å². The Kier molecular flexibility index (Phi) is 3.19. The molecule has 0 aliphatic carbocycles. The Balaban J connectivity index is 2.79. The summed E-state index contributed by atoms with van der Waals surface area (Å²) in [6, 6.07) is 0.429. The van der Waals surface area contributed by atoms with E-state index in [1.165, 1.54) is 0 Å². The minimum Gasteiger partial charge on any atom is -0.356 e. The summed E-state index contributed by atoms with van der Waals surface area (Å²) in [5, 5.41) is 0. The van der Waals surface area contributed by atoms with E-state index in [0.717, 1.165) is 11.5 Å². The van der Waals surface area contributed by atoms with Crippen LogP contribution in [0.25, 0.3) is 0 Å². The van der Waals surface area contributed by atoms with Gasteiger partial charge in [-0.3, -0.25) is 4.98 Å². The number of anilines is 1. The Morgan fingerprint density at radius 3 is 2.46 bits per heavy atom. The quantitative estimate of drug-likeness (QED) is 0.746. The molecule has 4 nitrogen and oxygen atoms in total. The highest BCUT2D eigenvalue weighted by molar-refractivity contribution is 5.35. The first-order valence-corrected chi connectivity index (χ1v) is 4.39. The van der Waals surface area contributed by atoms with E-state index < -0.39 is 0 Å². The van der Waals surface area contributed by atoms with Crippen molar-refractivity contribution in [3.63, 3.8) is 0 Å². The summed E-state index contributed by atoms with van der Waals surface area (Å²) in [6.45, 7) is 4.66. The minimum atomic E-state index is 0.429. The molecule has 2 N–H and O–H groups in total. The molecule has 0 aromatic carbocycles. The molecule has 0 aliphatic heterocycles. The molecule has 1 rings (SSSR count). The number of nitrogens with zero attached hydrogens (tertiary/aromatic N) is 3. The first kappa shape index (κ1) is 9.92. The van der Waals surface area contributed by atoms with Gasteiger partial charge in [-0.1, -0.05) is 0 Å². The lowest BCUT2D eigenvalue weighted by Crippen LogP contribution is -2.26. The summed E-state index contributed by atoms with van der Waals surface area (Å²) in [5.74, 6) is 0.882. The van der Waals surface area contributed by atoms with Crippen LogP contribution in [-0.2, 0) is 6.54 Å². The van der Waals surface area contributed by atoms with Crippen molar-refractivity contribution in [2.75, 3.05) is 11.9 Å². The Hall–Kier alpha value is -1.16. The lowest BCUT2D eigenvalue weighted by Gasteiger charge is -2.21. The van der Waals surface area contributed by atoms with Crippen molar-refractivity contribution in [3.05, 3.63) is 18.1 Å². The normalized spacial score (nSPS) is 10.5. The lowest BCUT2D eigenvalue weighted by atomic mass is 10.3. The molecule has 1 heterocycles. The molecule has 0 amide bonds. The maximum absolute atomic E-state index is 5.42. The standard InChI is InChI=1S/C9H16N4/c1-7(2)13(3)9-6-11-8(4-10)5-12-9/h5-7H,4,10H2,1-3H3. The summed E-state index contributed by atoms with van der Waals surface area (Å²) in [7, 11) is 2.00. The molecule has 0 aliphatic rings. The molecule has 0 atom stereocenters. The van der Waals surface area contributed by atoms with Crippen LogP contribution in [0.5, 0.6) is 0 Å². The van der Waals surface area contributed by atoms with Gasteiger partial charge in [0.2, 0.25) is 0 Å². The molecular weight excluding hydrogens is 164 g/mol. The first-order chi connectivity index (χ1) is 6.15. The summed E-state index contributed by atoms with van der Waals surface area (Å²) in [6.07, 6.45) is 3.47. The van der Waals surface area contributed by atoms with Crippen LogP contribution in [0.1, 0.15) is 19.5 Å². The smallest absolute Gasteiger partial charge is 0.147 e. The van der Waals surface area contributed by atoms with E-state index in [9.17, 15) is 0 Å². The van der Waals surface area contributed by atoms with Crippen molar-refractivity contribution >= 4 is 5.82 Å². The highest BCUT2D eigenvalue weighted by Gasteiger charge is 2.05. The summed E-state index contributed by atoms with van der Waals surface area (Å²) >= 11 is 0. The van der Waals surface area contributed by atoms with E-state index in [1.807, 2.05) is 7.05 Å². The van der Waals surface area contributed by atoms with Crippen LogP contribution < -0.4 is 10.6 Å². The average molecular weight is 180 g/mol. The van der Waals surface area contributed by atoms with Crippen LogP contribution in [0.3, 0.4) is 0 Å². The average Bonchev–Trinajstić information content (AvgIpc) is 2.17. The van der Waals surface area contributed by atoms with E-state index in [0.29, 0.717) is 12.6 Å². The topological polar surface area (TPSA) is 55.0 Å². The molecular formula is C9H16N4. The number of aromatic nitrogens is 2. The van der Waals surface area contributed by atoms with Crippen LogP contribution in [0.15, 0.2) is 12.4 Å². The van der Waals surface area contributed by atoms with Crippen molar-refractivity contribution in [3.8, 4) is 0 Å². The zero-order valence-electron chi connectivity index (χ0n) is 8.36. The Labute approximate surface area is 78.8 Å². The van der Waals surface area contributed by atoms with E-state index in [-0.39, 0.29) is 0 Å². The van der Waals surface area contributed by atoms with Gasteiger partial charge < -0.3 is 10.6 Å². The Morgan fingerprint density at radius 2 is 2.08 bits per heavy atom. The van der Waals surface area contributed by atoms with Gasteiger partial charge in [-0.05, 0) is 13.8 Å². The fraction of sp³-hybridized carbons (Fsp3) is 0.556. The summed E-state index contributed by atoms with van der Waals surface area (Å²) in [5.41, 5.74) is 6.24. The maximum Gasteiger partial charge on any atom is 0.147 e. The van der Waals surface area contributed by atoms with Gasteiger partial charge >= 0.3 is 0 Å². The van der Waals surface area contributed by atoms with Gasteiger partial charge in [0.25, 0.3) is 0 Å². The van der Waals surface area contributed by atoms with Gasteiger partial charge in [0.15, 0.2) is 0 Å². The van der Waals surface area contributed by atoms with Crippen LogP contribution in [0.2, 0.25) is 0 Å². The van der Waals surface area contributed by atoms with E-state index >= 15 is 0 Å². The molecule has 1 aromatic heterocycles. The van der Waals surface area contributed by atoms with Gasteiger partial charge in [-0.25, -0.2) is 4.98 Å². The largest absolute Gasteiger partial charge is 0.356 e. The predicted octanol–water partition coefficient (Wildman–Crippen LogP) is 0.780. The third-order valence-electron chi connectivity index (χ3n) is 2.04. The third-order valence-corrected chi connectivity index (χ3v) is 2.04. The number of rotatable bonds is 3. The van der Waals surface area contributed by atoms with E-state index in [2.05, 4.69) is 28.7 Å². The van der Waals surface area contributed by atoms with Crippen LogP contribution >= 0.6 is 0 Å².